The molecule has 0 aliphatic rings. The molecule has 20 heavy (non-hydrogen) atoms. The minimum absolute atomic E-state index is 0.212. The third kappa shape index (κ3) is 3.15. The predicted molar refractivity (Wildman–Crippen MR) is 86.7 cm³/mol. The van der Waals surface area contributed by atoms with Gasteiger partial charge < -0.3 is 0 Å². The second kappa shape index (κ2) is 5.48. The Morgan fingerprint density at radius 2 is 1.65 bits per heavy atom. The van der Waals surface area contributed by atoms with Crippen LogP contribution in [0.25, 0.3) is 11.3 Å². The largest absolute Gasteiger partial charge is 0.256 e. The van der Waals surface area contributed by atoms with Crippen LogP contribution >= 0.6 is 0 Å². The number of hydrogen-bond acceptors (Lipinski definition) is 1. The lowest BCUT2D eigenvalue weighted by atomic mass is 10.0. The number of nitrogens with zero attached hydrogens (tertiary/aromatic N) is 1. The number of hydrogen-bond donors (Lipinski definition) is 0. The fourth-order valence-electron chi connectivity index (χ4n) is 2.35. The standard InChI is InChI=1S/C17H22FNSi/c1-12(2)15-10-16(13-6-8-14(18)9-7-13)19-11-17(15)20(3,4)5/h6-12H,1-5H3. The van der Waals surface area contributed by atoms with E-state index in [1.807, 2.05) is 6.20 Å². The molecule has 0 amide bonds. The maximum absolute atomic E-state index is 13.0. The van der Waals surface area contributed by atoms with Gasteiger partial charge in [0.2, 0.25) is 0 Å². The van der Waals surface area contributed by atoms with Gasteiger partial charge in [0.05, 0.1) is 13.8 Å². The van der Waals surface area contributed by atoms with Gasteiger partial charge in [-0.1, -0.05) is 33.5 Å². The Bertz CT molecular complexity index is 597. The van der Waals surface area contributed by atoms with E-state index in [0.717, 1.165) is 11.3 Å². The number of benzene rings is 1. The van der Waals surface area contributed by atoms with Crippen molar-refractivity contribution in [3.05, 3.63) is 47.9 Å². The van der Waals surface area contributed by atoms with Gasteiger partial charge >= 0.3 is 0 Å². The number of aromatic nitrogens is 1. The van der Waals surface area contributed by atoms with Crippen LogP contribution in [-0.4, -0.2) is 13.1 Å². The highest BCUT2D eigenvalue weighted by Gasteiger charge is 2.22. The Hall–Kier alpha value is -1.48. The first-order valence-corrected chi connectivity index (χ1v) is 10.6. The summed E-state index contributed by atoms with van der Waals surface area (Å²) >= 11 is 0. The van der Waals surface area contributed by atoms with Crippen molar-refractivity contribution in [3.63, 3.8) is 0 Å². The normalized spacial score (nSPS) is 11.9. The van der Waals surface area contributed by atoms with Crippen LogP contribution in [0.5, 0.6) is 0 Å². The molecule has 0 atom stereocenters. The molecule has 0 saturated carbocycles. The van der Waals surface area contributed by atoms with Crippen molar-refractivity contribution in [3.8, 4) is 11.3 Å². The van der Waals surface area contributed by atoms with Crippen molar-refractivity contribution in [2.24, 2.45) is 0 Å². The van der Waals surface area contributed by atoms with Crippen LogP contribution in [0.4, 0.5) is 4.39 Å². The molecule has 0 bridgehead atoms. The van der Waals surface area contributed by atoms with Crippen molar-refractivity contribution in [1.29, 1.82) is 0 Å². The Labute approximate surface area is 121 Å². The Balaban J connectivity index is 2.53. The quantitative estimate of drug-likeness (QED) is 0.754. The SMILES string of the molecule is CC(C)c1cc(-c2ccc(F)cc2)ncc1[Si](C)(C)C. The van der Waals surface area contributed by atoms with Gasteiger partial charge in [0.15, 0.2) is 0 Å². The molecule has 106 valence electrons. The van der Waals surface area contributed by atoms with Gasteiger partial charge in [-0.15, -0.1) is 0 Å². The maximum atomic E-state index is 13.0. The molecular weight excluding hydrogens is 265 g/mol. The molecule has 1 nitrogen and oxygen atoms in total. The molecule has 2 rings (SSSR count). The summed E-state index contributed by atoms with van der Waals surface area (Å²) in [6.45, 7) is 11.5. The molecule has 0 radical (unpaired) electrons. The van der Waals surface area contributed by atoms with Crippen LogP contribution in [0.1, 0.15) is 25.3 Å². The summed E-state index contributed by atoms with van der Waals surface area (Å²) in [5, 5.41) is 1.42. The van der Waals surface area contributed by atoms with Crippen molar-refractivity contribution >= 4 is 13.3 Å². The molecule has 2 aromatic rings. The number of halogens is 1. The van der Waals surface area contributed by atoms with Gasteiger partial charge in [-0.05, 0) is 47.0 Å². The second-order valence-corrected chi connectivity index (χ2v) is 11.6. The maximum Gasteiger partial charge on any atom is 0.123 e. The lowest BCUT2D eigenvalue weighted by Gasteiger charge is -2.23. The summed E-state index contributed by atoms with van der Waals surface area (Å²) in [4.78, 5) is 4.60. The van der Waals surface area contributed by atoms with Gasteiger partial charge in [0.1, 0.15) is 5.82 Å². The zero-order valence-electron chi connectivity index (χ0n) is 12.9. The Morgan fingerprint density at radius 1 is 1.05 bits per heavy atom. The van der Waals surface area contributed by atoms with Gasteiger partial charge in [0.25, 0.3) is 0 Å². The number of rotatable bonds is 3. The smallest absolute Gasteiger partial charge is 0.123 e. The molecular formula is C17H22FNSi. The van der Waals surface area contributed by atoms with Crippen LogP contribution in [0.3, 0.4) is 0 Å². The molecule has 0 aliphatic heterocycles. The summed E-state index contributed by atoms with van der Waals surface area (Å²) in [5.41, 5.74) is 3.27. The molecule has 3 heteroatoms. The van der Waals surface area contributed by atoms with E-state index >= 15 is 0 Å². The summed E-state index contributed by atoms with van der Waals surface area (Å²) < 4.78 is 13.0. The molecule has 0 N–H and O–H groups in total. The average Bonchev–Trinajstić information content (AvgIpc) is 2.37. The highest BCUT2D eigenvalue weighted by atomic mass is 28.3. The van der Waals surface area contributed by atoms with Gasteiger partial charge in [-0.2, -0.15) is 0 Å². The average molecular weight is 287 g/mol. The first kappa shape index (κ1) is 14.9. The van der Waals surface area contributed by atoms with Crippen LogP contribution in [-0.2, 0) is 0 Å². The fourth-order valence-corrected chi connectivity index (χ4v) is 4.03. The molecule has 1 heterocycles. The van der Waals surface area contributed by atoms with Crippen molar-refractivity contribution < 1.29 is 4.39 Å². The predicted octanol–water partition coefficient (Wildman–Crippen LogP) is 4.56. The van der Waals surface area contributed by atoms with E-state index in [4.69, 9.17) is 0 Å². The molecule has 0 unspecified atom stereocenters. The summed E-state index contributed by atoms with van der Waals surface area (Å²) in [7, 11) is -1.40. The van der Waals surface area contributed by atoms with Crippen molar-refractivity contribution in [1.82, 2.24) is 4.98 Å². The van der Waals surface area contributed by atoms with E-state index < -0.39 is 8.07 Å². The summed E-state index contributed by atoms with van der Waals surface area (Å²) in [5.74, 6) is 0.260. The molecule has 1 aromatic carbocycles. The van der Waals surface area contributed by atoms with Crippen LogP contribution in [0.2, 0.25) is 19.6 Å². The minimum Gasteiger partial charge on any atom is -0.256 e. The number of pyridine rings is 1. The minimum atomic E-state index is -1.40. The summed E-state index contributed by atoms with van der Waals surface area (Å²) in [6.07, 6.45) is 2.03. The van der Waals surface area contributed by atoms with Crippen LogP contribution in [0, 0.1) is 5.82 Å². The van der Waals surface area contributed by atoms with Gasteiger partial charge in [0, 0.05) is 11.8 Å². The zero-order chi connectivity index (χ0) is 14.9. The molecule has 0 spiro atoms. The van der Waals surface area contributed by atoms with E-state index in [-0.39, 0.29) is 5.82 Å². The highest BCUT2D eigenvalue weighted by Crippen LogP contribution is 2.23. The highest BCUT2D eigenvalue weighted by molar-refractivity contribution is 6.89. The first-order valence-electron chi connectivity index (χ1n) is 7.05. The zero-order valence-corrected chi connectivity index (χ0v) is 13.9. The molecule has 0 fully saturated rings. The van der Waals surface area contributed by atoms with Crippen molar-refractivity contribution in [2.75, 3.05) is 0 Å². The second-order valence-electron chi connectivity index (χ2n) is 6.57. The van der Waals surface area contributed by atoms with E-state index in [9.17, 15) is 4.39 Å². The van der Waals surface area contributed by atoms with Gasteiger partial charge in [-0.3, -0.25) is 4.98 Å². The van der Waals surface area contributed by atoms with Crippen LogP contribution in [0.15, 0.2) is 36.5 Å². The Kier molecular flexibility index (Phi) is 4.09. The Morgan fingerprint density at radius 3 is 2.15 bits per heavy atom. The third-order valence-corrected chi connectivity index (χ3v) is 5.54. The van der Waals surface area contributed by atoms with E-state index in [1.165, 1.54) is 22.9 Å². The van der Waals surface area contributed by atoms with Gasteiger partial charge in [-0.25, -0.2) is 4.39 Å². The first-order chi connectivity index (χ1) is 9.29. The monoisotopic (exact) mass is 287 g/mol. The molecule has 0 aliphatic carbocycles. The molecule has 0 saturated heterocycles. The fraction of sp³-hybridized carbons (Fsp3) is 0.353. The topological polar surface area (TPSA) is 12.9 Å². The van der Waals surface area contributed by atoms with E-state index in [0.29, 0.717) is 5.92 Å². The van der Waals surface area contributed by atoms with Crippen molar-refractivity contribution in [2.45, 2.75) is 39.4 Å². The summed E-state index contributed by atoms with van der Waals surface area (Å²) in [6, 6.07) is 8.72. The lowest BCUT2D eigenvalue weighted by Crippen LogP contribution is -2.40. The lowest BCUT2D eigenvalue weighted by molar-refractivity contribution is 0.628. The van der Waals surface area contributed by atoms with Crippen LogP contribution < -0.4 is 5.19 Å². The van der Waals surface area contributed by atoms with E-state index in [1.54, 1.807) is 12.1 Å². The molecule has 1 aromatic heterocycles. The third-order valence-electron chi connectivity index (χ3n) is 3.51. The van der Waals surface area contributed by atoms with E-state index in [2.05, 4.69) is 44.5 Å².